The summed E-state index contributed by atoms with van der Waals surface area (Å²) in [6, 6.07) is 0. The molecule has 0 amide bonds. The second-order valence-electron chi connectivity index (χ2n) is 3.33. The quantitative estimate of drug-likeness (QED) is 0.339. The smallest absolute Gasteiger partial charge is 0.690 e. The van der Waals surface area contributed by atoms with Gasteiger partial charge in [-0.2, -0.15) is 0 Å². The van der Waals surface area contributed by atoms with Crippen LogP contribution in [0.1, 0.15) is 34.1 Å². The Kier molecular flexibility index (Phi) is 8.27. The van der Waals surface area contributed by atoms with Crippen molar-refractivity contribution in [2.24, 2.45) is 0 Å². The van der Waals surface area contributed by atoms with Gasteiger partial charge in [0.1, 0.15) is 6.10 Å². The Morgan fingerprint density at radius 2 is 1.88 bits per heavy atom. The SMILES string of the molecule is [Ag+].[C-]#C[C@](C)(OC(C)=O)[C@@H](CC)OC(C)=O. The molecule has 0 aliphatic heterocycles. The van der Waals surface area contributed by atoms with Gasteiger partial charge < -0.3 is 21.8 Å². The zero-order valence-corrected chi connectivity index (χ0v) is 11.2. The van der Waals surface area contributed by atoms with E-state index >= 15 is 0 Å². The molecule has 0 rings (SSSR count). The van der Waals surface area contributed by atoms with Gasteiger partial charge >= 0.3 is 34.3 Å². The molecule has 0 aliphatic rings. The predicted molar refractivity (Wildman–Crippen MR) is 53.1 cm³/mol. The van der Waals surface area contributed by atoms with Gasteiger partial charge in [0.15, 0.2) is 5.60 Å². The molecule has 0 aliphatic carbocycles. The molecule has 0 fully saturated rings. The number of hydrogen-bond donors (Lipinski definition) is 0. The van der Waals surface area contributed by atoms with Crippen molar-refractivity contribution >= 4 is 11.9 Å². The van der Waals surface area contributed by atoms with Crippen LogP contribution in [0.15, 0.2) is 0 Å². The molecule has 5 heteroatoms. The summed E-state index contributed by atoms with van der Waals surface area (Å²) in [6.45, 7) is 5.75. The molecule has 0 unspecified atom stereocenters. The summed E-state index contributed by atoms with van der Waals surface area (Å²) >= 11 is 0. The van der Waals surface area contributed by atoms with Crippen molar-refractivity contribution in [2.75, 3.05) is 0 Å². The molecule has 0 heterocycles. The van der Waals surface area contributed by atoms with E-state index in [4.69, 9.17) is 15.9 Å². The standard InChI is InChI=1S/C11H15O4.Ag/c1-6-10(14-8(3)12)11(5,7-2)15-9(4)13;/h10H,6H2,1,3-5H3;/q-1;+1/t10-,11+;/m1./s1. The van der Waals surface area contributed by atoms with Crippen LogP contribution in [0.25, 0.3) is 0 Å². The molecule has 0 N–H and O–H groups in total. The molecule has 16 heavy (non-hydrogen) atoms. The second kappa shape index (κ2) is 7.50. The van der Waals surface area contributed by atoms with E-state index in [1.165, 1.54) is 20.8 Å². The van der Waals surface area contributed by atoms with Gasteiger partial charge in [-0.3, -0.25) is 9.59 Å². The van der Waals surface area contributed by atoms with Gasteiger partial charge in [0.2, 0.25) is 0 Å². The van der Waals surface area contributed by atoms with E-state index in [1.807, 2.05) is 0 Å². The van der Waals surface area contributed by atoms with Gasteiger partial charge in [-0.15, -0.1) is 0 Å². The minimum absolute atomic E-state index is 0. The Morgan fingerprint density at radius 3 is 2.12 bits per heavy atom. The van der Waals surface area contributed by atoms with Crippen molar-refractivity contribution in [3.63, 3.8) is 0 Å². The average Bonchev–Trinajstić information content (AvgIpc) is 2.12. The van der Waals surface area contributed by atoms with Crippen molar-refractivity contribution in [3.8, 4) is 5.92 Å². The van der Waals surface area contributed by atoms with E-state index in [2.05, 4.69) is 5.92 Å². The minimum atomic E-state index is -1.31. The largest absolute Gasteiger partial charge is 1.00 e. The van der Waals surface area contributed by atoms with Crippen LogP contribution in [0.5, 0.6) is 0 Å². The van der Waals surface area contributed by atoms with Crippen LogP contribution in [0.3, 0.4) is 0 Å². The molecular formula is C11H15AgO4. The minimum Gasteiger partial charge on any atom is -0.690 e. The summed E-state index contributed by atoms with van der Waals surface area (Å²) in [5, 5.41) is 0. The first-order chi connectivity index (χ1) is 6.85. The second-order valence-corrected chi connectivity index (χ2v) is 3.33. The van der Waals surface area contributed by atoms with Gasteiger partial charge in [0.05, 0.1) is 0 Å². The van der Waals surface area contributed by atoms with E-state index in [-0.39, 0.29) is 22.4 Å². The number of rotatable bonds is 4. The molecule has 0 bridgehead atoms. The summed E-state index contributed by atoms with van der Waals surface area (Å²) in [6.07, 6.45) is 6.87. The summed E-state index contributed by atoms with van der Waals surface area (Å²) in [4.78, 5) is 21.6. The van der Waals surface area contributed by atoms with Crippen LogP contribution in [0.4, 0.5) is 0 Å². The Morgan fingerprint density at radius 1 is 1.38 bits per heavy atom. The molecule has 0 spiro atoms. The Balaban J connectivity index is 0. The molecule has 0 aromatic carbocycles. The fraction of sp³-hybridized carbons (Fsp3) is 0.636. The van der Waals surface area contributed by atoms with Crippen LogP contribution in [0, 0.1) is 12.3 Å². The molecule has 0 aromatic rings. The van der Waals surface area contributed by atoms with Crippen LogP contribution >= 0.6 is 0 Å². The summed E-state index contributed by atoms with van der Waals surface area (Å²) in [7, 11) is 0. The maximum absolute atomic E-state index is 10.8. The zero-order chi connectivity index (χ0) is 12.1. The summed E-state index contributed by atoms with van der Waals surface area (Å²) < 4.78 is 9.88. The molecule has 0 saturated heterocycles. The maximum atomic E-state index is 10.8. The number of carbonyl (C=O) groups is 2. The Bertz CT molecular complexity index is 295. The molecule has 0 aromatic heterocycles. The van der Waals surface area contributed by atoms with E-state index in [1.54, 1.807) is 6.92 Å². The third kappa shape index (κ3) is 5.36. The van der Waals surface area contributed by atoms with Gasteiger partial charge in [0.25, 0.3) is 0 Å². The van der Waals surface area contributed by atoms with Crippen molar-refractivity contribution < 1.29 is 41.4 Å². The van der Waals surface area contributed by atoms with Gasteiger partial charge in [-0.25, -0.2) is 0 Å². The van der Waals surface area contributed by atoms with Gasteiger partial charge in [-0.1, -0.05) is 6.92 Å². The first-order valence-corrected chi connectivity index (χ1v) is 4.66. The van der Waals surface area contributed by atoms with Gasteiger partial charge in [-0.05, 0) is 13.3 Å². The van der Waals surface area contributed by atoms with E-state index in [9.17, 15) is 9.59 Å². The first-order valence-electron chi connectivity index (χ1n) is 4.66. The number of ether oxygens (including phenoxy) is 2. The Hall–Kier alpha value is -0.760. The van der Waals surface area contributed by atoms with Crippen molar-refractivity contribution in [1.82, 2.24) is 0 Å². The topological polar surface area (TPSA) is 52.6 Å². The molecule has 0 radical (unpaired) electrons. The predicted octanol–water partition coefficient (Wildman–Crippen LogP) is 1.24. The van der Waals surface area contributed by atoms with Crippen molar-refractivity contribution in [3.05, 3.63) is 6.42 Å². The zero-order valence-electron chi connectivity index (χ0n) is 9.72. The summed E-state index contributed by atoms with van der Waals surface area (Å²) in [5.74, 6) is 1.08. The van der Waals surface area contributed by atoms with E-state index < -0.39 is 23.6 Å². The van der Waals surface area contributed by atoms with Crippen LogP contribution in [0.2, 0.25) is 0 Å². The molecular weight excluding hydrogens is 304 g/mol. The number of esters is 2. The fourth-order valence-electron chi connectivity index (χ4n) is 1.26. The Labute approximate surface area is 112 Å². The molecule has 2 atom stereocenters. The fourth-order valence-corrected chi connectivity index (χ4v) is 1.26. The van der Waals surface area contributed by atoms with Crippen LogP contribution in [-0.4, -0.2) is 23.6 Å². The third-order valence-corrected chi connectivity index (χ3v) is 1.90. The molecule has 94 valence electrons. The van der Waals surface area contributed by atoms with E-state index in [0.29, 0.717) is 6.42 Å². The summed E-state index contributed by atoms with van der Waals surface area (Å²) in [5.41, 5.74) is -1.31. The first kappa shape index (κ1) is 17.6. The average molecular weight is 319 g/mol. The van der Waals surface area contributed by atoms with Crippen LogP contribution in [-0.2, 0) is 41.4 Å². The monoisotopic (exact) mass is 318 g/mol. The number of carbonyl (C=O) groups excluding carboxylic acids is 2. The van der Waals surface area contributed by atoms with Crippen molar-refractivity contribution in [1.29, 1.82) is 0 Å². The molecule has 4 nitrogen and oxygen atoms in total. The maximum Gasteiger partial charge on any atom is 1.00 e. The number of hydrogen-bond acceptors (Lipinski definition) is 4. The van der Waals surface area contributed by atoms with Crippen molar-refractivity contribution in [2.45, 2.75) is 45.8 Å². The third-order valence-electron chi connectivity index (χ3n) is 1.90. The normalized spacial score (nSPS) is 14.7. The van der Waals surface area contributed by atoms with E-state index in [0.717, 1.165) is 0 Å². The molecule has 0 saturated carbocycles. The van der Waals surface area contributed by atoms with Crippen LogP contribution < -0.4 is 0 Å². The van der Waals surface area contributed by atoms with Gasteiger partial charge in [0, 0.05) is 13.8 Å².